The lowest BCUT2D eigenvalue weighted by Crippen LogP contribution is -2.45. The highest BCUT2D eigenvalue weighted by atomic mass is 19.1. The first-order valence-electron chi connectivity index (χ1n) is 6.13. The van der Waals surface area contributed by atoms with Crippen LogP contribution in [0.3, 0.4) is 0 Å². The van der Waals surface area contributed by atoms with E-state index in [9.17, 15) is 4.39 Å². The molecule has 17 heavy (non-hydrogen) atoms. The lowest BCUT2D eigenvalue weighted by atomic mass is 9.98. The zero-order valence-corrected chi connectivity index (χ0v) is 10.7. The van der Waals surface area contributed by atoms with Crippen molar-refractivity contribution in [3.8, 4) is 0 Å². The SMILES string of the molecule is CC1NC(C)(C)CCOC1c1ccccc1F. The molecule has 1 fully saturated rings. The van der Waals surface area contributed by atoms with Crippen molar-refractivity contribution in [2.45, 2.75) is 44.9 Å². The molecule has 0 aliphatic carbocycles. The second-order valence-electron chi connectivity index (χ2n) is 5.38. The van der Waals surface area contributed by atoms with E-state index >= 15 is 0 Å². The van der Waals surface area contributed by atoms with E-state index in [0.29, 0.717) is 12.2 Å². The molecule has 1 aromatic carbocycles. The largest absolute Gasteiger partial charge is 0.372 e. The molecule has 0 spiro atoms. The number of hydrogen-bond acceptors (Lipinski definition) is 2. The van der Waals surface area contributed by atoms with Crippen LogP contribution in [0.25, 0.3) is 0 Å². The Labute approximate surface area is 102 Å². The summed E-state index contributed by atoms with van der Waals surface area (Å²) in [6.07, 6.45) is 0.723. The van der Waals surface area contributed by atoms with Crippen LogP contribution in [0.1, 0.15) is 38.9 Å². The van der Waals surface area contributed by atoms with E-state index in [1.54, 1.807) is 12.1 Å². The van der Waals surface area contributed by atoms with Crippen LogP contribution in [0, 0.1) is 5.82 Å². The van der Waals surface area contributed by atoms with Crippen LogP contribution in [0.2, 0.25) is 0 Å². The Bertz CT molecular complexity index is 392. The monoisotopic (exact) mass is 237 g/mol. The quantitative estimate of drug-likeness (QED) is 0.810. The number of halogens is 1. The summed E-state index contributed by atoms with van der Waals surface area (Å²) in [6, 6.07) is 6.95. The van der Waals surface area contributed by atoms with E-state index in [1.165, 1.54) is 6.07 Å². The Balaban J connectivity index is 2.24. The average Bonchev–Trinajstić information content (AvgIpc) is 2.37. The average molecular weight is 237 g/mol. The number of hydrogen-bond donors (Lipinski definition) is 1. The zero-order valence-electron chi connectivity index (χ0n) is 10.7. The van der Waals surface area contributed by atoms with Gasteiger partial charge < -0.3 is 10.1 Å². The minimum Gasteiger partial charge on any atom is -0.372 e. The minimum atomic E-state index is -0.210. The Kier molecular flexibility index (Phi) is 3.50. The van der Waals surface area contributed by atoms with Gasteiger partial charge in [-0.05, 0) is 33.3 Å². The molecule has 1 aliphatic heterocycles. The van der Waals surface area contributed by atoms with E-state index in [0.717, 1.165) is 6.42 Å². The van der Waals surface area contributed by atoms with Gasteiger partial charge in [-0.15, -0.1) is 0 Å². The van der Waals surface area contributed by atoms with Crippen molar-refractivity contribution in [1.29, 1.82) is 0 Å². The van der Waals surface area contributed by atoms with Crippen molar-refractivity contribution < 1.29 is 9.13 Å². The van der Waals surface area contributed by atoms with Gasteiger partial charge in [0.1, 0.15) is 11.9 Å². The highest BCUT2D eigenvalue weighted by Gasteiger charge is 2.31. The van der Waals surface area contributed by atoms with Gasteiger partial charge in [-0.2, -0.15) is 0 Å². The van der Waals surface area contributed by atoms with Crippen molar-refractivity contribution in [3.05, 3.63) is 35.6 Å². The number of ether oxygens (including phenoxy) is 1. The summed E-state index contributed by atoms with van der Waals surface area (Å²) in [5, 5.41) is 3.50. The molecule has 1 aliphatic rings. The van der Waals surface area contributed by atoms with Crippen LogP contribution >= 0.6 is 0 Å². The van der Waals surface area contributed by atoms with Gasteiger partial charge in [0.25, 0.3) is 0 Å². The predicted octanol–water partition coefficient (Wildman–Crippen LogP) is 3.04. The van der Waals surface area contributed by atoms with Gasteiger partial charge in [0.15, 0.2) is 0 Å². The van der Waals surface area contributed by atoms with Crippen molar-refractivity contribution in [2.75, 3.05) is 6.61 Å². The molecule has 1 saturated heterocycles. The van der Waals surface area contributed by atoms with Gasteiger partial charge in [0.05, 0.1) is 0 Å². The van der Waals surface area contributed by atoms with Crippen LogP contribution in [0.5, 0.6) is 0 Å². The molecule has 2 nitrogen and oxygen atoms in total. The van der Waals surface area contributed by atoms with E-state index < -0.39 is 0 Å². The Morgan fingerprint density at radius 1 is 1.35 bits per heavy atom. The van der Waals surface area contributed by atoms with Gasteiger partial charge in [0.2, 0.25) is 0 Å². The van der Waals surface area contributed by atoms with E-state index in [-0.39, 0.29) is 23.5 Å². The number of benzene rings is 1. The van der Waals surface area contributed by atoms with E-state index in [4.69, 9.17) is 4.74 Å². The van der Waals surface area contributed by atoms with Crippen molar-refractivity contribution in [3.63, 3.8) is 0 Å². The standard InChI is InChI=1S/C14H20FNO/c1-10-13(11-6-4-5-7-12(11)15)17-9-8-14(2,3)16-10/h4-7,10,13,16H,8-9H2,1-3H3. The number of nitrogens with one attached hydrogen (secondary N) is 1. The molecule has 1 heterocycles. The van der Waals surface area contributed by atoms with E-state index in [1.807, 2.05) is 13.0 Å². The maximum Gasteiger partial charge on any atom is 0.129 e. The van der Waals surface area contributed by atoms with E-state index in [2.05, 4.69) is 19.2 Å². The maximum absolute atomic E-state index is 13.8. The van der Waals surface area contributed by atoms with Gasteiger partial charge in [-0.25, -0.2) is 4.39 Å². The first kappa shape index (κ1) is 12.5. The molecule has 1 N–H and O–H groups in total. The predicted molar refractivity (Wildman–Crippen MR) is 66.4 cm³/mol. The molecule has 0 radical (unpaired) electrons. The summed E-state index contributed by atoms with van der Waals surface area (Å²) in [6.45, 7) is 7.00. The van der Waals surface area contributed by atoms with Crippen LogP contribution in [-0.2, 0) is 4.74 Å². The van der Waals surface area contributed by atoms with Crippen LogP contribution in [-0.4, -0.2) is 18.2 Å². The molecule has 1 aromatic rings. The molecule has 2 unspecified atom stereocenters. The summed E-state index contributed by atoms with van der Waals surface area (Å²) in [4.78, 5) is 0. The normalized spacial score (nSPS) is 28.7. The van der Waals surface area contributed by atoms with Crippen LogP contribution in [0.15, 0.2) is 24.3 Å². The van der Waals surface area contributed by atoms with Crippen molar-refractivity contribution in [1.82, 2.24) is 5.32 Å². The van der Waals surface area contributed by atoms with Crippen LogP contribution < -0.4 is 5.32 Å². The van der Waals surface area contributed by atoms with Crippen molar-refractivity contribution >= 4 is 0 Å². The Morgan fingerprint density at radius 2 is 2.06 bits per heavy atom. The second-order valence-corrected chi connectivity index (χ2v) is 5.38. The Hall–Kier alpha value is -0.930. The third-order valence-electron chi connectivity index (χ3n) is 3.31. The fourth-order valence-corrected chi connectivity index (χ4v) is 2.41. The smallest absolute Gasteiger partial charge is 0.129 e. The molecule has 0 bridgehead atoms. The zero-order chi connectivity index (χ0) is 12.5. The summed E-state index contributed by atoms with van der Waals surface area (Å²) in [7, 11) is 0. The van der Waals surface area contributed by atoms with Gasteiger partial charge in [0, 0.05) is 23.8 Å². The van der Waals surface area contributed by atoms with Crippen LogP contribution in [0.4, 0.5) is 4.39 Å². The molecule has 3 heteroatoms. The third-order valence-corrected chi connectivity index (χ3v) is 3.31. The molecule has 0 aromatic heterocycles. The second kappa shape index (κ2) is 4.75. The lowest BCUT2D eigenvalue weighted by Gasteiger charge is -2.29. The molecule has 2 rings (SSSR count). The third kappa shape index (κ3) is 2.85. The minimum absolute atomic E-state index is 0.0411. The lowest BCUT2D eigenvalue weighted by molar-refractivity contribution is 0.0436. The summed E-state index contributed by atoms with van der Waals surface area (Å²) in [5.41, 5.74) is 0.685. The molecule has 2 atom stereocenters. The van der Waals surface area contributed by atoms with Gasteiger partial charge in [-0.3, -0.25) is 0 Å². The van der Waals surface area contributed by atoms with Gasteiger partial charge in [-0.1, -0.05) is 18.2 Å². The highest BCUT2D eigenvalue weighted by Crippen LogP contribution is 2.29. The summed E-state index contributed by atoms with van der Waals surface area (Å²) < 4.78 is 19.6. The summed E-state index contributed by atoms with van der Waals surface area (Å²) >= 11 is 0. The molecule has 94 valence electrons. The molecular weight excluding hydrogens is 217 g/mol. The first-order valence-corrected chi connectivity index (χ1v) is 6.13. The number of rotatable bonds is 1. The first-order chi connectivity index (χ1) is 7.99. The Morgan fingerprint density at radius 3 is 2.76 bits per heavy atom. The summed E-state index contributed by atoms with van der Waals surface area (Å²) in [5.74, 6) is -0.189. The van der Waals surface area contributed by atoms with Gasteiger partial charge >= 0.3 is 0 Å². The topological polar surface area (TPSA) is 21.3 Å². The molecular formula is C14H20FNO. The molecule has 0 saturated carbocycles. The van der Waals surface area contributed by atoms with Crippen molar-refractivity contribution in [2.24, 2.45) is 0 Å². The fraction of sp³-hybridized carbons (Fsp3) is 0.571. The fourth-order valence-electron chi connectivity index (χ4n) is 2.41. The maximum atomic E-state index is 13.8. The highest BCUT2D eigenvalue weighted by molar-refractivity contribution is 5.21. The molecule has 0 amide bonds.